The van der Waals surface area contributed by atoms with E-state index in [2.05, 4.69) is 5.32 Å². The Labute approximate surface area is 141 Å². The zero-order valence-corrected chi connectivity index (χ0v) is 14.0. The molecule has 0 aromatic heterocycles. The summed E-state index contributed by atoms with van der Waals surface area (Å²) in [5.41, 5.74) is 1.33. The predicted molar refractivity (Wildman–Crippen MR) is 91.1 cm³/mol. The predicted octanol–water partition coefficient (Wildman–Crippen LogP) is 3.17. The molecule has 2 aromatic carbocycles. The first kappa shape index (κ1) is 17.5. The number of carboxylic acids is 1. The third-order valence-corrected chi connectivity index (χ3v) is 3.58. The van der Waals surface area contributed by atoms with Gasteiger partial charge in [-0.25, -0.2) is 4.79 Å². The normalized spacial score (nSPS) is 11.0. The quantitative estimate of drug-likeness (QED) is 0.854. The Morgan fingerprint density at radius 2 is 1.62 bits per heavy atom. The van der Waals surface area contributed by atoms with Gasteiger partial charge in [0.15, 0.2) is 5.60 Å². The molecular weight excluding hydrogens is 306 g/mol. The number of carboxylic acid groups (broad SMARTS) is 1. The van der Waals surface area contributed by atoms with Crippen molar-refractivity contribution in [1.29, 1.82) is 0 Å². The van der Waals surface area contributed by atoms with Gasteiger partial charge in [-0.2, -0.15) is 0 Å². The van der Waals surface area contributed by atoms with Gasteiger partial charge in [0, 0.05) is 12.1 Å². The van der Waals surface area contributed by atoms with E-state index in [0.29, 0.717) is 17.9 Å². The average molecular weight is 327 g/mol. The third kappa shape index (κ3) is 4.59. The van der Waals surface area contributed by atoms with Crippen molar-refractivity contribution in [3.05, 3.63) is 65.2 Å². The van der Waals surface area contributed by atoms with Crippen LogP contribution >= 0.6 is 0 Å². The lowest BCUT2D eigenvalue weighted by atomic mass is 10.1. The number of aryl methyl sites for hydroxylation is 1. The molecule has 2 rings (SSSR count). The van der Waals surface area contributed by atoms with Gasteiger partial charge in [0.05, 0.1) is 0 Å². The number of nitrogens with one attached hydrogen (secondary N) is 1. The highest BCUT2D eigenvalue weighted by atomic mass is 16.5. The van der Waals surface area contributed by atoms with Crippen LogP contribution in [0.25, 0.3) is 0 Å². The lowest BCUT2D eigenvalue weighted by Gasteiger charge is -2.21. The lowest BCUT2D eigenvalue weighted by Crippen LogP contribution is -2.37. The topological polar surface area (TPSA) is 75.6 Å². The molecule has 2 aromatic rings. The number of amides is 1. The maximum Gasteiger partial charge on any atom is 0.347 e. The third-order valence-electron chi connectivity index (χ3n) is 3.58. The number of hydrogen-bond donors (Lipinski definition) is 2. The first-order valence-electron chi connectivity index (χ1n) is 7.64. The molecule has 0 atom stereocenters. The Morgan fingerprint density at radius 1 is 1.04 bits per heavy atom. The molecule has 0 saturated carbocycles. The van der Waals surface area contributed by atoms with Crippen molar-refractivity contribution in [2.24, 2.45) is 0 Å². The van der Waals surface area contributed by atoms with Gasteiger partial charge < -0.3 is 15.2 Å². The number of carbonyl (C=O) groups excluding carboxylic acids is 1. The van der Waals surface area contributed by atoms with Crippen LogP contribution in [0.4, 0.5) is 0 Å². The van der Waals surface area contributed by atoms with Gasteiger partial charge >= 0.3 is 5.97 Å². The molecule has 24 heavy (non-hydrogen) atoms. The van der Waals surface area contributed by atoms with Gasteiger partial charge in [-0.1, -0.05) is 29.8 Å². The second kappa shape index (κ2) is 7.17. The average Bonchev–Trinajstić information content (AvgIpc) is 2.54. The molecule has 0 fully saturated rings. The summed E-state index contributed by atoms with van der Waals surface area (Å²) in [5.74, 6) is -0.699. The van der Waals surface area contributed by atoms with Crippen molar-refractivity contribution in [3.63, 3.8) is 0 Å². The van der Waals surface area contributed by atoms with Gasteiger partial charge in [0.25, 0.3) is 5.91 Å². The molecule has 0 radical (unpaired) electrons. The highest BCUT2D eigenvalue weighted by Gasteiger charge is 2.29. The summed E-state index contributed by atoms with van der Waals surface area (Å²) in [6.07, 6.45) is 0. The molecule has 0 aliphatic carbocycles. The second-order valence-electron chi connectivity index (χ2n) is 6.11. The molecule has 126 valence electrons. The van der Waals surface area contributed by atoms with Crippen LogP contribution in [-0.2, 0) is 11.3 Å². The van der Waals surface area contributed by atoms with Crippen LogP contribution in [0.1, 0.15) is 35.3 Å². The van der Waals surface area contributed by atoms with E-state index >= 15 is 0 Å². The van der Waals surface area contributed by atoms with E-state index in [1.54, 1.807) is 36.4 Å². The highest BCUT2D eigenvalue weighted by molar-refractivity contribution is 5.94. The number of benzene rings is 2. The Kier molecular flexibility index (Phi) is 5.24. The molecule has 1 amide bonds. The van der Waals surface area contributed by atoms with Gasteiger partial charge in [-0.15, -0.1) is 0 Å². The van der Waals surface area contributed by atoms with Crippen molar-refractivity contribution < 1.29 is 19.4 Å². The molecule has 0 aliphatic rings. The molecule has 0 heterocycles. The van der Waals surface area contributed by atoms with Crippen LogP contribution in [-0.4, -0.2) is 22.6 Å². The zero-order chi connectivity index (χ0) is 17.7. The molecule has 0 spiro atoms. The van der Waals surface area contributed by atoms with Crippen LogP contribution in [0.15, 0.2) is 48.5 Å². The monoisotopic (exact) mass is 327 g/mol. The van der Waals surface area contributed by atoms with E-state index in [0.717, 1.165) is 11.1 Å². The van der Waals surface area contributed by atoms with Crippen molar-refractivity contribution in [3.8, 4) is 5.75 Å². The summed E-state index contributed by atoms with van der Waals surface area (Å²) in [7, 11) is 0. The van der Waals surface area contributed by atoms with Crippen LogP contribution < -0.4 is 10.1 Å². The molecule has 0 aliphatic heterocycles. The lowest BCUT2D eigenvalue weighted by molar-refractivity contribution is -0.152. The summed E-state index contributed by atoms with van der Waals surface area (Å²) in [5, 5.41) is 11.9. The summed E-state index contributed by atoms with van der Waals surface area (Å²) >= 11 is 0. The zero-order valence-electron chi connectivity index (χ0n) is 14.0. The SMILES string of the molecule is Cc1ccc(C(=O)NCc2ccc(OC(C)(C)C(=O)O)cc2)cc1. The van der Waals surface area contributed by atoms with E-state index in [1.165, 1.54) is 13.8 Å². The molecular formula is C19H21NO4. The van der Waals surface area contributed by atoms with Gasteiger partial charge in [0.1, 0.15) is 5.75 Å². The minimum Gasteiger partial charge on any atom is -0.478 e. The second-order valence-corrected chi connectivity index (χ2v) is 6.11. The van der Waals surface area contributed by atoms with Crippen molar-refractivity contribution in [2.75, 3.05) is 0 Å². The van der Waals surface area contributed by atoms with Crippen molar-refractivity contribution in [1.82, 2.24) is 5.32 Å². The molecule has 2 N–H and O–H groups in total. The summed E-state index contributed by atoms with van der Waals surface area (Å²) in [6.45, 7) is 5.34. The minimum absolute atomic E-state index is 0.137. The van der Waals surface area contributed by atoms with Crippen LogP contribution in [0, 0.1) is 6.92 Å². The van der Waals surface area contributed by atoms with Crippen LogP contribution in [0.2, 0.25) is 0 Å². The molecule has 0 unspecified atom stereocenters. The fraction of sp³-hybridized carbons (Fsp3) is 0.263. The number of rotatable bonds is 6. The Balaban J connectivity index is 1.93. The summed E-state index contributed by atoms with van der Waals surface area (Å²) < 4.78 is 5.44. The first-order valence-corrected chi connectivity index (χ1v) is 7.64. The smallest absolute Gasteiger partial charge is 0.347 e. The first-order chi connectivity index (χ1) is 11.3. The number of ether oxygens (including phenoxy) is 1. The number of carbonyl (C=O) groups is 2. The standard InChI is InChI=1S/C19H21NO4/c1-13-4-8-15(9-5-13)17(21)20-12-14-6-10-16(11-7-14)24-19(2,3)18(22)23/h4-11H,12H2,1-3H3,(H,20,21)(H,22,23). The molecule has 0 bridgehead atoms. The fourth-order valence-electron chi connectivity index (χ4n) is 2.00. The molecule has 5 heteroatoms. The largest absolute Gasteiger partial charge is 0.478 e. The van der Waals surface area contributed by atoms with E-state index < -0.39 is 11.6 Å². The molecule has 5 nitrogen and oxygen atoms in total. The fourth-order valence-corrected chi connectivity index (χ4v) is 2.00. The Hall–Kier alpha value is -2.82. The maximum absolute atomic E-state index is 12.1. The minimum atomic E-state index is -1.29. The van der Waals surface area contributed by atoms with E-state index in [-0.39, 0.29) is 5.91 Å². The Morgan fingerprint density at radius 3 is 2.17 bits per heavy atom. The van der Waals surface area contributed by atoms with Crippen molar-refractivity contribution in [2.45, 2.75) is 32.9 Å². The number of hydrogen-bond acceptors (Lipinski definition) is 3. The highest BCUT2D eigenvalue weighted by Crippen LogP contribution is 2.19. The van der Waals surface area contributed by atoms with E-state index in [1.807, 2.05) is 19.1 Å². The summed E-state index contributed by atoms with van der Waals surface area (Å²) in [6, 6.07) is 14.3. The van der Waals surface area contributed by atoms with Crippen LogP contribution in [0.5, 0.6) is 5.75 Å². The molecule has 0 saturated heterocycles. The number of aliphatic carboxylic acids is 1. The van der Waals surface area contributed by atoms with Gasteiger partial charge in [-0.05, 0) is 50.6 Å². The van der Waals surface area contributed by atoms with Gasteiger partial charge in [-0.3, -0.25) is 4.79 Å². The van der Waals surface area contributed by atoms with Crippen molar-refractivity contribution >= 4 is 11.9 Å². The summed E-state index contributed by atoms with van der Waals surface area (Å²) in [4.78, 5) is 23.1. The Bertz CT molecular complexity index is 718. The van der Waals surface area contributed by atoms with E-state index in [9.17, 15) is 9.59 Å². The maximum atomic E-state index is 12.1. The van der Waals surface area contributed by atoms with E-state index in [4.69, 9.17) is 9.84 Å². The van der Waals surface area contributed by atoms with Gasteiger partial charge in [0.2, 0.25) is 0 Å². The van der Waals surface area contributed by atoms with Crippen LogP contribution in [0.3, 0.4) is 0 Å².